The average molecular weight is 554 g/mol. The number of imide groups is 1. The van der Waals surface area contributed by atoms with Crippen LogP contribution in [0, 0.1) is 34.8 Å². The molecule has 0 saturated carbocycles. The number of aromatic amines is 1. The Balaban J connectivity index is 1.09. The Labute approximate surface area is 235 Å². The van der Waals surface area contributed by atoms with E-state index >= 15 is 0 Å². The van der Waals surface area contributed by atoms with Crippen LogP contribution in [-0.2, 0) is 16.1 Å². The van der Waals surface area contributed by atoms with Crippen LogP contribution >= 0.6 is 0 Å². The number of piperidine rings is 2. The number of H-pyrrole nitrogens is 1. The van der Waals surface area contributed by atoms with Crippen LogP contribution in [-0.4, -0.2) is 62.5 Å². The van der Waals surface area contributed by atoms with Gasteiger partial charge in [-0.3, -0.25) is 34.6 Å². The summed E-state index contributed by atoms with van der Waals surface area (Å²) in [5, 5.41) is 14.2. The highest BCUT2D eigenvalue weighted by molar-refractivity contribution is 6.05. The second-order valence-electron chi connectivity index (χ2n) is 10.7. The lowest BCUT2D eigenvalue weighted by molar-refractivity contribution is -0.384. The molecule has 0 radical (unpaired) electrons. The SMILES string of the molecule is Cc1c(C(=O)N2CCC(C#Cc3ccc4c(c3)CN(C3CCC(=O)NC3=O)C4=O)CC2)[nH]c2cc([N+](=O)[O-])ccc12. The van der Waals surface area contributed by atoms with Gasteiger partial charge in [-0.15, -0.1) is 0 Å². The summed E-state index contributed by atoms with van der Waals surface area (Å²) >= 11 is 0. The van der Waals surface area contributed by atoms with Crippen molar-refractivity contribution in [3.8, 4) is 11.8 Å². The predicted octanol–water partition coefficient (Wildman–Crippen LogP) is 3.05. The lowest BCUT2D eigenvalue weighted by Crippen LogP contribution is -2.52. The maximum absolute atomic E-state index is 13.3. The Morgan fingerprint density at radius 1 is 1.07 bits per heavy atom. The molecule has 0 aliphatic carbocycles. The summed E-state index contributed by atoms with van der Waals surface area (Å²) in [6.45, 7) is 3.24. The number of fused-ring (bicyclic) bond motifs is 2. The van der Waals surface area contributed by atoms with Gasteiger partial charge in [0.25, 0.3) is 17.5 Å². The lowest BCUT2D eigenvalue weighted by Gasteiger charge is -2.29. The van der Waals surface area contributed by atoms with E-state index in [1.54, 1.807) is 23.1 Å². The molecule has 3 aromatic rings. The van der Waals surface area contributed by atoms with Crippen molar-refractivity contribution in [2.24, 2.45) is 5.92 Å². The second-order valence-corrected chi connectivity index (χ2v) is 10.7. The summed E-state index contributed by atoms with van der Waals surface area (Å²) in [6.07, 6.45) is 1.97. The number of nitrogens with one attached hydrogen (secondary N) is 2. The van der Waals surface area contributed by atoms with E-state index < -0.39 is 16.9 Å². The Bertz CT molecular complexity index is 1710. The van der Waals surface area contributed by atoms with Crippen molar-refractivity contribution in [1.82, 2.24) is 20.1 Å². The molecular weight excluding hydrogens is 526 g/mol. The number of likely N-dealkylation sites (tertiary alicyclic amines) is 1. The third-order valence-electron chi connectivity index (χ3n) is 8.19. The van der Waals surface area contributed by atoms with Gasteiger partial charge in [-0.05, 0) is 61.6 Å². The highest BCUT2D eigenvalue weighted by Crippen LogP contribution is 2.29. The van der Waals surface area contributed by atoms with Crippen molar-refractivity contribution in [2.75, 3.05) is 13.1 Å². The van der Waals surface area contributed by atoms with Crippen LogP contribution in [0.5, 0.6) is 0 Å². The van der Waals surface area contributed by atoms with Gasteiger partial charge in [0.15, 0.2) is 0 Å². The smallest absolute Gasteiger partial charge is 0.271 e. The molecular formula is C30H27N5O6. The van der Waals surface area contributed by atoms with Gasteiger partial charge in [0.2, 0.25) is 11.8 Å². The van der Waals surface area contributed by atoms with Crippen LogP contribution in [0.4, 0.5) is 5.69 Å². The summed E-state index contributed by atoms with van der Waals surface area (Å²) in [6, 6.07) is 9.33. The zero-order valence-electron chi connectivity index (χ0n) is 22.4. The fourth-order valence-electron chi connectivity index (χ4n) is 5.88. The fourth-order valence-corrected chi connectivity index (χ4v) is 5.88. The third-order valence-corrected chi connectivity index (χ3v) is 8.19. The minimum atomic E-state index is -0.651. The van der Waals surface area contributed by atoms with Crippen molar-refractivity contribution in [3.05, 3.63) is 74.5 Å². The monoisotopic (exact) mass is 553 g/mol. The molecule has 2 aromatic carbocycles. The van der Waals surface area contributed by atoms with Crippen LogP contribution in [0.3, 0.4) is 0 Å². The molecule has 1 atom stereocenters. The van der Waals surface area contributed by atoms with E-state index in [4.69, 9.17) is 0 Å². The van der Waals surface area contributed by atoms with E-state index in [-0.39, 0.29) is 35.7 Å². The molecule has 1 unspecified atom stereocenters. The first-order valence-electron chi connectivity index (χ1n) is 13.5. The number of nitro benzene ring substituents is 1. The van der Waals surface area contributed by atoms with Gasteiger partial charge in [-0.2, -0.15) is 0 Å². The van der Waals surface area contributed by atoms with Crippen molar-refractivity contribution in [2.45, 2.75) is 45.2 Å². The number of carbonyl (C=O) groups excluding carboxylic acids is 4. The van der Waals surface area contributed by atoms with Gasteiger partial charge in [0.05, 0.1) is 10.4 Å². The van der Waals surface area contributed by atoms with E-state index in [1.165, 1.54) is 17.0 Å². The number of benzene rings is 2. The standard InChI is InChI=1S/C30H27N5O6/c1-17-22-7-5-21(35(40)41)15-24(22)31-27(17)30(39)33-12-10-18(11-13-33)2-3-19-4-6-23-20(14-19)16-34(29(23)38)25-8-9-26(36)32-28(25)37/h4-7,14-15,18,25,31H,8-13,16H2,1H3,(H,32,36,37). The maximum atomic E-state index is 13.3. The first kappa shape index (κ1) is 26.3. The summed E-state index contributed by atoms with van der Waals surface area (Å²) in [5.41, 5.74) is 3.90. The normalized spacial score (nSPS) is 19.1. The van der Waals surface area contributed by atoms with Crippen molar-refractivity contribution in [1.29, 1.82) is 0 Å². The van der Waals surface area contributed by atoms with Crippen molar-refractivity contribution >= 4 is 40.2 Å². The quantitative estimate of drug-likeness (QED) is 0.221. The Hall–Kier alpha value is -4.98. The molecule has 41 heavy (non-hydrogen) atoms. The number of hydrogen-bond acceptors (Lipinski definition) is 6. The van der Waals surface area contributed by atoms with Crippen molar-refractivity contribution < 1.29 is 24.1 Å². The largest absolute Gasteiger partial charge is 0.350 e. The molecule has 208 valence electrons. The molecule has 6 rings (SSSR count). The molecule has 0 spiro atoms. The van der Waals surface area contributed by atoms with Gasteiger partial charge in [0.1, 0.15) is 11.7 Å². The van der Waals surface area contributed by atoms with E-state index in [0.29, 0.717) is 42.8 Å². The topological polar surface area (TPSA) is 146 Å². The van der Waals surface area contributed by atoms with Gasteiger partial charge < -0.3 is 14.8 Å². The zero-order chi connectivity index (χ0) is 28.8. The summed E-state index contributed by atoms with van der Waals surface area (Å²) in [7, 11) is 0. The van der Waals surface area contributed by atoms with E-state index in [0.717, 1.165) is 34.9 Å². The molecule has 2 fully saturated rings. The molecule has 3 aliphatic heterocycles. The molecule has 1 aromatic heterocycles. The number of carbonyl (C=O) groups is 4. The van der Waals surface area contributed by atoms with E-state index in [1.807, 2.05) is 13.0 Å². The fraction of sp³-hybridized carbons (Fsp3) is 0.333. The molecule has 4 amide bonds. The highest BCUT2D eigenvalue weighted by Gasteiger charge is 2.39. The van der Waals surface area contributed by atoms with Crippen LogP contribution in [0.15, 0.2) is 36.4 Å². The number of nitrogens with zero attached hydrogens (tertiary/aromatic N) is 3. The molecule has 11 heteroatoms. The molecule has 2 N–H and O–H groups in total. The van der Waals surface area contributed by atoms with Gasteiger partial charge >= 0.3 is 0 Å². The second kappa shape index (κ2) is 10.2. The minimum absolute atomic E-state index is 0.0289. The number of aromatic nitrogens is 1. The van der Waals surface area contributed by atoms with Crippen LogP contribution in [0.25, 0.3) is 10.9 Å². The van der Waals surface area contributed by atoms with E-state index in [2.05, 4.69) is 22.1 Å². The van der Waals surface area contributed by atoms with Crippen LogP contribution in [0.2, 0.25) is 0 Å². The number of non-ortho nitro benzene ring substituents is 1. The van der Waals surface area contributed by atoms with Gasteiger partial charge in [-0.1, -0.05) is 11.8 Å². The summed E-state index contributed by atoms with van der Waals surface area (Å²) < 4.78 is 0. The molecule has 2 saturated heterocycles. The number of amides is 4. The number of aryl methyl sites for hydroxylation is 1. The predicted molar refractivity (Wildman–Crippen MR) is 148 cm³/mol. The lowest BCUT2D eigenvalue weighted by atomic mass is 9.96. The third kappa shape index (κ3) is 4.82. The highest BCUT2D eigenvalue weighted by atomic mass is 16.6. The maximum Gasteiger partial charge on any atom is 0.271 e. The molecule has 3 aliphatic rings. The molecule has 11 nitrogen and oxygen atoms in total. The Morgan fingerprint density at radius 2 is 1.85 bits per heavy atom. The number of rotatable bonds is 3. The zero-order valence-corrected chi connectivity index (χ0v) is 22.4. The first-order chi connectivity index (χ1) is 19.7. The summed E-state index contributed by atoms with van der Waals surface area (Å²) in [5.74, 6) is 5.55. The average Bonchev–Trinajstić information content (AvgIpc) is 3.47. The van der Waals surface area contributed by atoms with Crippen LogP contribution in [0.1, 0.15) is 63.2 Å². The van der Waals surface area contributed by atoms with Gasteiger partial charge in [0, 0.05) is 60.6 Å². The molecule has 4 heterocycles. The number of hydrogen-bond donors (Lipinski definition) is 2. The minimum Gasteiger partial charge on any atom is -0.350 e. The van der Waals surface area contributed by atoms with Crippen LogP contribution < -0.4 is 5.32 Å². The Kier molecular flexibility index (Phi) is 6.53. The first-order valence-corrected chi connectivity index (χ1v) is 13.5. The van der Waals surface area contributed by atoms with E-state index in [9.17, 15) is 29.3 Å². The molecule has 0 bridgehead atoms. The number of nitro groups is 1. The van der Waals surface area contributed by atoms with Crippen molar-refractivity contribution in [3.63, 3.8) is 0 Å². The Morgan fingerprint density at radius 3 is 2.59 bits per heavy atom. The van der Waals surface area contributed by atoms with Gasteiger partial charge in [-0.25, -0.2) is 0 Å². The summed E-state index contributed by atoms with van der Waals surface area (Å²) in [4.78, 5) is 67.0.